The van der Waals surface area contributed by atoms with E-state index in [1.165, 1.54) is 5.57 Å². The Morgan fingerprint density at radius 2 is 2.19 bits per heavy atom. The summed E-state index contributed by atoms with van der Waals surface area (Å²) in [6.45, 7) is 2.63. The summed E-state index contributed by atoms with van der Waals surface area (Å²) in [5.41, 5.74) is 6.27. The minimum Gasteiger partial charge on any atom is -0.508 e. The summed E-state index contributed by atoms with van der Waals surface area (Å²) < 4.78 is 0. The number of hydrogen-bond donors (Lipinski definition) is 2. The molecular formula is C12H15ClN2O. The largest absolute Gasteiger partial charge is 0.508 e. The summed E-state index contributed by atoms with van der Waals surface area (Å²) in [6.07, 6.45) is 6.49. The van der Waals surface area contributed by atoms with Crippen LogP contribution in [0.4, 0.5) is 0 Å². The van der Waals surface area contributed by atoms with E-state index < -0.39 is 0 Å². The molecule has 0 atom stereocenters. The molecule has 1 aliphatic heterocycles. The van der Waals surface area contributed by atoms with Crippen LogP contribution in [-0.4, -0.2) is 23.7 Å². The van der Waals surface area contributed by atoms with Gasteiger partial charge in [-0.25, -0.2) is 5.43 Å². The van der Waals surface area contributed by atoms with Crippen LogP contribution in [0.5, 0.6) is 0 Å². The fourth-order valence-electron chi connectivity index (χ4n) is 1.76. The number of hydrogen-bond acceptors (Lipinski definition) is 3. The van der Waals surface area contributed by atoms with Gasteiger partial charge in [-0.15, -0.1) is 0 Å². The molecule has 16 heavy (non-hydrogen) atoms. The maximum Gasteiger partial charge on any atom is 0.116 e. The van der Waals surface area contributed by atoms with Crippen molar-refractivity contribution in [2.24, 2.45) is 0 Å². The van der Waals surface area contributed by atoms with Crippen LogP contribution in [0.2, 0.25) is 0 Å². The van der Waals surface area contributed by atoms with Crippen molar-refractivity contribution in [1.82, 2.24) is 10.4 Å². The first-order valence-corrected chi connectivity index (χ1v) is 5.59. The molecule has 0 fully saturated rings. The smallest absolute Gasteiger partial charge is 0.116 e. The lowest BCUT2D eigenvalue weighted by atomic mass is 10.0. The number of rotatable bonds is 1. The molecule has 0 aromatic heterocycles. The number of halogens is 1. The van der Waals surface area contributed by atoms with E-state index in [9.17, 15) is 5.11 Å². The van der Waals surface area contributed by atoms with Crippen LogP contribution in [0.15, 0.2) is 45.9 Å². The van der Waals surface area contributed by atoms with Crippen molar-refractivity contribution in [3.8, 4) is 0 Å². The summed E-state index contributed by atoms with van der Waals surface area (Å²) in [6, 6.07) is 0. The highest BCUT2D eigenvalue weighted by Crippen LogP contribution is 2.28. The van der Waals surface area contributed by atoms with Gasteiger partial charge in [-0.1, -0.05) is 11.6 Å². The average Bonchev–Trinajstić information content (AvgIpc) is 2.63. The van der Waals surface area contributed by atoms with Crippen LogP contribution in [-0.2, 0) is 0 Å². The highest BCUT2D eigenvalue weighted by Gasteiger charge is 2.15. The minimum atomic E-state index is 0.274. The highest BCUT2D eigenvalue weighted by molar-refractivity contribution is 6.31. The average molecular weight is 239 g/mol. The fourth-order valence-corrected chi connectivity index (χ4v) is 1.99. The molecule has 0 radical (unpaired) electrons. The molecule has 0 saturated heterocycles. The Morgan fingerprint density at radius 1 is 1.44 bits per heavy atom. The van der Waals surface area contributed by atoms with E-state index in [2.05, 4.69) is 5.43 Å². The third-order valence-electron chi connectivity index (χ3n) is 2.84. The second-order valence-corrected chi connectivity index (χ2v) is 4.44. The minimum absolute atomic E-state index is 0.274. The first kappa shape index (κ1) is 11.3. The zero-order valence-electron chi connectivity index (χ0n) is 9.42. The van der Waals surface area contributed by atoms with Crippen molar-refractivity contribution in [3.63, 3.8) is 0 Å². The van der Waals surface area contributed by atoms with Gasteiger partial charge in [0, 0.05) is 30.4 Å². The fraction of sp³-hybridized carbons (Fsp3) is 0.333. The summed E-state index contributed by atoms with van der Waals surface area (Å²) in [5, 5.41) is 12.2. The van der Waals surface area contributed by atoms with E-state index in [0.29, 0.717) is 11.5 Å². The van der Waals surface area contributed by atoms with Gasteiger partial charge in [0.1, 0.15) is 5.76 Å². The molecule has 0 unspecified atom stereocenters. The van der Waals surface area contributed by atoms with Crippen molar-refractivity contribution in [3.05, 3.63) is 45.9 Å². The lowest BCUT2D eigenvalue weighted by Gasteiger charge is -2.04. The number of hydrazine groups is 1. The normalized spacial score (nSPS) is 21.7. The van der Waals surface area contributed by atoms with Crippen LogP contribution in [0.1, 0.15) is 13.3 Å². The van der Waals surface area contributed by atoms with E-state index in [1.54, 1.807) is 6.08 Å². The molecule has 0 spiro atoms. The zero-order valence-corrected chi connectivity index (χ0v) is 10.2. The van der Waals surface area contributed by atoms with Gasteiger partial charge in [0.05, 0.1) is 0 Å². The predicted molar refractivity (Wildman–Crippen MR) is 65.8 cm³/mol. The molecule has 0 bridgehead atoms. The molecule has 0 amide bonds. The van der Waals surface area contributed by atoms with Crippen molar-refractivity contribution >= 4 is 11.6 Å². The van der Waals surface area contributed by atoms with Gasteiger partial charge in [0.2, 0.25) is 0 Å². The molecule has 0 aromatic rings. The Kier molecular flexibility index (Phi) is 3.08. The lowest BCUT2D eigenvalue weighted by molar-refractivity contribution is 0.374. The van der Waals surface area contributed by atoms with Gasteiger partial charge in [0.25, 0.3) is 0 Å². The molecule has 2 N–H and O–H groups in total. The third kappa shape index (κ3) is 2.15. The van der Waals surface area contributed by atoms with Gasteiger partial charge in [-0.2, -0.15) is 0 Å². The Bertz CT molecular complexity index is 432. The van der Waals surface area contributed by atoms with Gasteiger partial charge >= 0.3 is 0 Å². The first-order valence-electron chi connectivity index (χ1n) is 5.22. The van der Waals surface area contributed by atoms with E-state index in [0.717, 1.165) is 17.7 Å². The number of allylic oxidation sites excluding steroid dienone is 4. The van der Waals surface area contributed by atoms with Gasteiger partial charge in [-0.3, -0.25) is 0 Å². The van der Waals surface area contributed by atoms with Crippen LogP contribution >= 0.6 is 11.6 Å². The van der Waals surface area contributed by atoms with Crippen molar-refractivity contribution in [2.75, 3.05) is 13.6 Å². The monoisotopic (exact) mass is 238 g/mol. The maximum absolute atomic E-state index is 9.68. The Balaban J connectivity index is 2.32. The van der Waals surface area contributed by atoms with E-state index in [-0.39, 0.29) is 5.76 Å². The predicted octanol–water partition coefficient (Wildman–Crippen LogP) is 2.61. The summed E-state index contributed by atoms with van der Waals surface area (Å²) in [4.78, 5) is 0. The first-order chi connectivity index (χ1) is 7.58. The Morgan fingerprint density at radius 3 is 2.81 bits per heavy atom. The molecular weight excluding hydrogens is 224 g/mol. The van der Waals surface area contributed by atoms with Crippen LogP contribution < -0.4 is 5.43 Å². The second-order valence-electron chi connectivity index (χ2n) is 4.04. The number of nitrogens with one attached hydrogen (secondary N) is 1. The van der Waals surface area contributed by atoms with E-state index >= 15 is 0 Å². The molecule has 0 aromatic carbocycles. The SMILES string of the molecule is CC1=C(Cl)C=C(C2=CN(C)NC2)CC=C1O. The van der Waals surface area contributed by atoms with Gasteiger partial charge in [0.15, 0.2) is 0 Å². The Hall–Kier alpha value is -1.19. The molecule has 0 saturated carbocycles. The third-order valence-corrected chi connectivity index (χ3v) is 3.23. The Labute approximate surface area is 100 Å². The van der Waals surface area contributed by atoms with Crippen LogP contribution in [0, 0.1) is 0 Å². The number of aliphatic hydroxyl groups excluding tert-OH is 1. The van der Waals surface area contributed by atoms with Crippen molar-refractivity contribution < 1.29 is 5.11 Å². The molecule has 1 heterocycles. The molecule has 3 nitrogen and oxygen atoms in total. The molecule has 86 valence electrons. The van der Waals surface area contributed by atoms with Crippen molar-refractivity contribution in [1.29, 1.82) is 0 Å². The van der Waals surface area contributed by atoms with E-state index in [4.69, 9.17) is 11.6 Å². The molecule has 4 heteroatoms. The van der Waals surface area contributed by atoms with Crippen molar-refractivity contribution in [2.45, 2.75) is 13.3 Å². The van der Waals surface area contributed by atoms with Crippen LogP contribution in [0.25, 0.3) is 0 Å². The molecule has 1 aliphatic carbocycles. The maximum atomic E-state index is 9.68. The van der Waals surface area contributed by atoms with E-state index in [1.807, 2.05) is 31.3 Å². The quantitative estimate of drug-likeness (QED) is 0.737. The highest BCUT2D eigenvalue weighted by atomic mass is 35.5. The molecule has 2 rings (SSSR count). The summed E-state index contributed by atoms with van der Waals surface area (Å²) >= 11 is 6.12. The molecule has 2 aliphatic rings. The number of nitrogens with zero attached hydrogens (tertiary/aromatic N) is 1. The second kappa shape index (κ2) is 4.36. The standard InChI is InChI=1S/C12H15ClN2O/c1-8-11(13)5-9(3-4-12(8)16)10-6-14-15(2)7-10/h4-5,7,14,16H,3,6H2,1-2H3. The lowest BCUT2D eigenvalue weighted by Crippen LogP contribution is -2.23. The van der Waals surface area contributed by atoms with Gasteiger partial charge < -0.3 is 10.1 Å². The summed E-state index contributed by atoms with van der Waals surface area (Å²) in [5.74, 6) is 0.274. The zero-order chi connectivity index (χ0) is 11.7. The topological polar surface area (TPSA) is 35.5 Å². The van der Waals surface area contributed by atoms with Gasteiger partial charge in [-0.05, 0) is 36.6 Å². The summed E-state index contributed by atoms with van der Waals surface area (Å²) in [7, 11) is 1.96. The van der Waals surface area contributed by atoms with Crippen LogP contribution in [0.3, 0.4) is 0 Å². The number of aliphatic hydroxyl groups is 1.